The molecule has 7 aromatic carbocycles. The van der Waals surface area contributed by atoms with E-state index in [1.54, 1.807) is 0 Å². The molecule has 3 heterocycles. The summed E-state index contributed by atoms with van der Waals surface area (Å²) in [4.78, 5) is 19.6. The topological polar surface area (TPSA) is 69.6 Å². The summed E-state index contributed by atoms with van der Waals surface area (Å²) < 4.78 is 8.51. The zero-order valence-corrected chi connectivity index (χ0v) is 27.9. The highest BCUT2D eigenvalue weighted by molar-refractivity contribution is 6.10. The fraction of sp³-hybridized carbons (Fsp3) is 0. The SMILES string of the molecule is c1ccc(-c2nc(-c3ccccc3)nc(-c3cccc(-c4cccc(-n5c6ccccc6c6ccc(-c7nc8ccccc8o7)cc65)c4)c3)n2)cc1. The van der Waals surface area contributed by atoms with Crippen molar-refractivity contribution in [3.8, 4) is 62.4 Å². The maximum atomic E-state index is 6.18. The first-order chi connectivity index (χ1) is 25.7. The van der Waals surface area contributed by atoms with Crippen LogP contribution in [0.1, 0.15) is 0 Å². The molecule has 52 heavy (non-hydrogen) atoms. The maximum Gasteiger partial charge on any atom is 0.227 e. The molecule has 0 bridgehead atoms. The fourth-order valence-electron chi connectivity index (χ4n) is 6.98. The number of rotatable bonds is 6. The Hall–Kier alpha value is -7.18. The van der Waals surface area contributed by atoms with Crippen LogP contribution in [0.2, 0.25) is 0 Å². The average molecular weight is 668 g/mol. The Balaban J connectivity index is 1.09. The molecule has 10 aromatic rings. The minimum atomic E-state index is 0.606. The van der Waals surface area contributed by atoms with Gasteiger partial charge in [-0.05, 0) is 59.7 Å². The molecule has 0 spiro atoms. The van der Waals surface area contributed by atoms with Gasteiger partial charge in [-0.2, -0.15) is 0 Å². The van der Waals surface area contributed by atoms with Crippen LogP contribution in [0.25, 0.3) is 95.3 Å². The van der Waals surface area contributed by atoms with Gasteiger partial charge >= 0.3 is 0 Å². The van der Waals surface area contributed by atoms with Crippen molar-refractivity contribution in [2.45, 2.75) is 0 Å². The van der Waals surface area contributed by atoms with Gasteiger partial charge in [0.15, 0.2) is 23.1 Å². The minimum absolute atomic E-state index is 0.606. The zero-order valence-electron chi connectivity index (χ0n) is 27.9. The van der Waals surface area contributed by atoms with Crippen LogP contribution in [0.15, 0.2) is 180 Å². The molecule has 0 fully saturated rings. The maximum absolute atomic E-state index is 6.18. The summed E-state index contributed by atoms with van der Waals surface area (Å²) in [6.45, 7) is 0. The standard InChI is InChI=1S/C46H29N5O/c1-3-13-30(14-4-1)43-48-44(31-15-5-2-6-16-31)50-45(49-43)34-19-11-17-32(27-34)33-18-12-20-36(28-33)51-40-23-9-7-21-37(40)38-26-25-35(29-41(38)51)46-47-39-22-8-10-24-42(39)52-46/h1-29H. The molecule has 0 aliphatic carbocycles. The molecule has 0 saturated heterocycles. The second kappa shape index (κ2) is 12.3. The molecule has 6 nitrogen and oxygen atoms in total. The van der Waals surface area contributed by atoms with Crippen molar-refractivity contribution in [1.29, 1.82) is 0 Å². The van der Waals surface area contributed by atoms with E-state index in [-0.39, 0.29) is 0 Å². The Morgan fingerprint density at radius 1 is 0.365 bits per heavy atom. The Labute approximate surface area is 299 Å². The molecule has 10 rings (SSSR count). The highest BCUT2D eigenvalue weighted by atomic mass is 16.3. The molecule has 0 aliphatic heterocycles. The van der Waals surface area contributed by atoms with Gasteiger partial charge in [0.25, 0.3) is 0 Å². The van der Waals surface area contributed by atoms with Gasteiger partial charge in [0.05, 0.1) is 11.0 Å². The first kappa shape index (κ1) is 29.7. The summed E-state index contributed by atoms with van der Waals surface area (Å²) in [5.74, 6) is 2.51. The monoisotopic (exact) mass is 667 g/mol. The van der Waals surface area contributed by atoms with Gasteiger partial charge in [0.1, 0.15) is 5.52 Å². The van der Waals surface area contributed by atoms with Gasteiger partial charge < -0.3 is 8.98 Å². The average Bonchev–Trinajstić information content (AvgIpc) is 3.81. The number of nitrogens with zero attached hydrogens (tertiary/aromatic N) is 5. The lowest BCUT2D eigenvalue weighted by Gasteiger charge is -2.12. The molecule has 0 N–H and O–H groups in total. The number of hydrogen-bond acceptors (Lipinski definition) is 5. The quantitative estimate of drug-likeness (QED) is 0.176. The molecule has 0 unspecified atom stereocenters. The van der Waals surface area contributed by atoms with Crippen LogP contribution >= 0.6 is 0 Å². The van der Waals surface area contributed by atoms with E-state index >= 15 is 0 Å². The summed E-state index contributed by atoms with van der Waals surface area (Å²) in [6, 6.07) is 60.1. The van der Waals surface area contributed by atoms with Crippen molar-refractivity contribution in [1.82, 2.24) is 24.5 Å². The van der Waals surface area contributed by atoms with Crippen LogP contribution in [0.4, 0.5) is 0 Å². The van der Waals surface area contributed by atoms with Crippen molar-refractivity contribution in [3.63, 3.8) is 0 Å². The number of oxazole rings is 1. The second-order valence-corrected chi connectivity index (χ2v) is 12.7. The van der Waals surface area contributed by atoms with E-state index in [0.29, 0.717) is 23.4 Å². The fourth-order valence-corrected chi connectivity index (χ4v) is 6.98. The molecule has 0 aliphatic rings. The molecule has 0 amide bonds. The summed E-state index contributed by atoms with van der Waals surface area (Å²) in [5, 5.41) is 2.36. The molecular weight excluding hydrogens is 639 g/mol. The third-order valence-corrected chi connectivity index (χ3v) is 9.47. The third kappa shape index (κ3) is 5.22. The Morgan fingerprint density at radius 2 is 0.942 bits per heavy atom. The largest absolute Gasteiger partial charge is 0.436 e. The minimum Gasteiger partial charge on any atom is -0.436 e. The molecular formula is C46H29N5O. The van der Waals surface area contributed by atoms with Crippen LogP contribution in [0, 0.1) is 0 Å². The van der Waals surface area contributed by atoms with Crippen molar-refractivity contribution < 1.29 is 4.42 Å². The van der Waals surface area contributed by atoms with E-state index in [1.165, 1.54) is 10.8 Å². The number of benzene rings is 7. The van der Waals surface area contributed by atoms with Gasteiger partial charge in [-0.15, -0.1) is 0 Å². The van der Waals surface area contributed by atoms with Crippen LogP contribution in [0.3, 0.4) is 0 Å². The number of aromatic nitrogens is 5. The highest BCUT2D eigenvalue weighted by Crippen LogP contribution is 2.37. The van der Waals surface area contributed by atoms with Crippen molar-refractivity contribution in [3.05, 3.63) is 176 Å². The first-order valence-corrected chi connectivity index (χ1v) is 17.2. The lowest BCUT2D eigenvalue weighted by atomic mass is 10.0. The van der Waals surface area contributed by atoms with Crippen LogP contribution in [0.5, 0.6) is 0 Å². The molecule has 0 radical (unpaired) electrons. The van der Waals surface area contributed by atoms with Crippen molar-refractivity contribution in [2.24, 2.45) is 0 Å². The van der Waals surface area contributed by atoms with Crippen LogP contribution < -0.4 is 0 Å². The molecule has 0 saturated carbocycles. The molecule has 3 aromatic heterocycles. The Kier molecular flexibility index (Phi) is 7.03. The summed E-state index contributed by atoms with van der Waals surface area (Å²) >= 11 is 0. The van der Waals surface area contributed by atoms with E-state index in [0.717, 1.165) is 61.2 Å². The van der Waals surface area contributed by atoms with Gasteiger partial charge in [0, 0.05) is 38.7 Å². The van der Waals surface area contributed by atoms with Gasteiger partial charge in [0.2, 0.25) is 5.89 Å². The van der Waals surface area contributed by atoms with Crippen molar-refractivity contribution in [2.75, 3.05) is 0 Å². The second-order valence-electron chi connectivity index (χ2n) is 12.7. The van der Waals surface area contributed by atoms with E-state index in [1.807, 2.05) is 84.9 Å². The molecule has 6 heteroatoms. The number of para-hydroxylation sites is 3. The molecule has 244 valence electrons. The summed E-state index contributed by atoms with van der Waals surface area (Å²) in [6.07, 6.45) is 0. The highest BCUT2D eigenvalue weighted by Gasteiger charge is 2.17. The van der Waals surface area contributed by atoms with Crippen LogP contribution in [-0.2, 0) is 0 Å². The van der Waals surface area contributed by atoms with E-state index in [2.05, 4.69) is 95.6 Å². The predicted octanol–water partition coefficient (Wildman–Crippen LogP) is 11.4. The van der Waals surface area contributed by atoms with Gasteiger partial charge in [-0.1, -0.05) is 127 Å². The third-order valence-electron chi connectivity index (χ3n) is 9.47. The number of fused-ring (bicyclic) bond motifs is 4. The Bertz CT molecular complexity index is 2820. The summed E-state index contributed by atoms with van der Waals surface area (Å²) in [5.41, 5.74) is 10.8. The van der Waals surface area contributed by atoms with E-state index in [9.17, 15) is 0 Å². The Morgan fingerprint density at radius 3 is 1.69 bits per heavy atom. The van der Waals surface area contributed by atoms with Gasteiger partial charge in [-0.3, -0.25) is 0 Å². The van der Waals surface area contributed by atoms with E-state index in [4.69, 9.17) is 24.4 Å². The van der Waals surface area contributed by atoms with Gasteiger partial charge in [-0.25, -0.2) is 19.9 Å². The van der Waals surface area contributed by atoms with Crippen molar-refractivity contribution >= 4 is 32.9 Å². The van der Waals surface area contributed by atoms with Crippen LogP contribution in [-0.4, -0.2) is 24.5 Å². The first-order valence-electron chi connectivity index (χ1n) is 17.2. The van der Waals surface area contributed by atoms with E-state index < -0.39 is 0 Å². The molecule has 0 atom stereocenters. The number of hydrogen-bond donors (Lipinski definition) is 0. The lowest BCUT2D eigenvalue weighted by molar-refractivity contribution is 0.620. The zero-order chi connectivity index (χ0) is 34.4. The smallest absolute Gasteiger partial charge is 0.227 e. The normalized spacial score (nSPS) is 11.5. The lowest BCUT2D eigenvalue weighted by Crippen LogP contribution is -2.00. The predicted molar refractivity (Wildman–Crippen MR) is 209 cm³/mol. The summed E-state index contributed by atoms with van der Waals surface area (Å²) in [7, 11) is 0.